The second-order valence-corrected chi connectivity index (χ2v) is 5.64. The number of carbonyl (C=O) groups excluding carboxylic acids is 1. The highest BCUT2D eigenvalue weighted by Gasteiger charge is 2.16. The van der Waals surface area contributed by atoms with Gasteiger partial charge in [0.25, 0.3) is 0 Å². The van der Waals surface area contributed by atoms with E-state index in [1.54, 1.807) is 0 Å². The van der Waals surface area contributed by atoms with Crippen molar-refractivity contribution in [3.8, 4) is 0 Å². The molecule has 1 saturated heterocycles. The van der Waals surface area contributed by atoms with Gasteiger partial charge in [-0.15, -0.1) is 0 Å². The van der Waals surface area contributed by atoms with Gasteiger partial charge in [-0.1, -0.05) is 26.0 Å². The van der Waals surface area contributed by atoms with Crippen LogP contribution in [0.1, 0.15) is 19.4 Å². The number of rotatable bonds is 5. The number of amides is 1. The third kappa shape index (κ3) is 4.53. The molecule has 1 aromatic rings. The van der Waals surface area contributed by atoms with Crippen molar-refractivity contribution >= 4 is 11.6 Å². The molecule has 0 spiro atoms. The third-order valence-corrected chi connectivity index (χ3v) is 3.39. The topological polar surface area (TPSA) is 41.6 Å². The quantitative estimate of drug-likeness (QED) is 0.896. The van der Waals surface area contributed by atoms with E-state index >= 15 is 0 Å². The normalized spacial score (nSPS) is 15.4. The first-order valence-corrected chi connectivity index (χ1v) is 7.33. The number of ether oxygens (including phenoxy) is 1. The van der Waals surface area contributed by atoms with E-state index in [1.165, 1.54) is 0 Å². The highest BCUT2D eigenvalue weighted by molar-refractivity contribution is 5.79. The van der Waals surface area contributed by atoms with Gasteiger partial charge >= 0.3 is 0 Å². The molecule has 1 amide bonds. The largest absolute Gasteiger partial charge is 0.385 e. The maximum atomic E-state index is 12.1. The van der Waals surface area contributed by atoms with Gasteiger partial charge in [-0.2, -0.15) is 0 Å². The Morgan fingerprint density at radius 2 is 1.90 bits per heavy atom. The fourth-order valence-electron chi connectivity index (χ4n) is 2.16. The van der Waals surface area contributed by atoms with Crippen LogP contribution in [-0.2, 0) is 16.0 Å². The number of nitrogens with zero attached hydrogens (tertiary/aromatic N) is 1. The van der Waals surface area contributed by atoms with Crippen molar-refractivity contribution < 1.29 is 9.53 Å². The van der Waals surface area contributed by atoms with E-state index in [2.05, 4.69) is 19.2 Å². The van der Waals surface area contributed by atoms with Crippen LogP contribution in [0.3, 0.4) is 0 Å². The molecular formula is C16H24N2O2. The van der Waals surface area contributed by atoms with Crippen LogP contribution in [0.25, 0.3) is 0 Å². The standard InChI is InChI=1S/C16H24N2O2/c1-13(2)12-17-15-5-3-14(4-6-15)11-16(19)18-7-9-20-10-8-18/h3-6,13,17H,7-12H2,1-2H3. The first-order chi connectivity index (χ1) is 9.65. The predicted molar refractivity (Wildman–Crippen MR) is 80.9 cm³/mol. The molecule has 1 aliphatic rings. The molecule has 4 nitrogen and oxygen atoms in total. The number of hydrogen-bond acceptors (Lipinski definition) is 3. The summed E-state index contributed by atoms with van der Waals surface area (Å²) in [7, 11) is 0. The molecule has 1 aliphatic heterocycles. The molecule has 110 valence electrons. The van der Waals surface area contributed by atoms with E-state index in [4.69, 9.17) is 4.74 Å². The van der Waals surface area contributed by atoms with Crippen molar-refractivity contribution in [2.24, 2.45) is 5.92 Å². The van der Waals surface area contributed by atoms with Crippen LogP contribution in [0.15, 0.2) is 24.3 Å². The Morgan fingerprint density at radius 3 is 2.50 bits per heavy atom. The van der Waals surface area contributed by atoms with Gasteiger partial charge in [-0.05, 0) is 23.6 Å². The van der Waals surface area contributed by atoms with Crippen LogP contribution in [0, 0.1) is 5.92 Å². The molecular weight excluding hydrogens is 252 g/mol. The number of hydrogen-bond donors (Lipinski definition) is 1. The van der Waals surface area contributed by atoms with E-state index < -0.39 is 0 Å². The Morgan fingerprint density at radius 1 is 1.25 bits per heavy atom. The SMILES string of the molecule is CC(C)CNc1ccc(CC(=O)N2CCOCC2)cc1. The molecule has 2 rings (SSSR count). The summed E-state index contributed by atoms with van der Waals surface area (Å²) >= 11 is 0. The number of nitrogens with one attached hydrogen (secondary N) is 1. The van der Waals surface area contributed by atoms with Crippen LogP contribution in [0.2, 0.25) is 0 Å². The van der Waals surface area contributed by atoms with Crippen molar-refractivity contribution in [1.29, 1.82) is 0 Å². The van der Waals surface area contributed by atoms with Crippen molar-refractivity contribution in [3.63, 3.8) is 0 Å². The lowest BCUT2D eigenvalue weighted by Gasteiger charge is -2.26. The minimum atomic E-state index is 0.191. The Bertz CT molecular complexity index is 423. The summed E-state index contributed by atoms with van der Waals surface area (Å²) in [5.41, 5.74) is 2.18. The second-order valence-electron chi connectivity index (χ2n) is 5.64. The summed E-state index contributed by atoms with van der Waals surface area (Å²) in [4.78, 5) is 14.0. The number of benzene rings is 1. The van der Waals surface area contributed by atoms with E-state index in [0.717, 1.165) is 17.8 Å². The molecule has 0 bridgehead atoms. The zero-order chi connectivity index (χ0) is 14.4. The molecule has 1 fully saturated rings. The van der Waals surface area contributed by atoms with E-state index in [-0.39, 0.29) is 5.91 Å². The average Bonchev–Trinajstić information content (AvgIpc) is 2.47. The first kappa shape index (κ1) is 14.9. The minimum absolute atomic E-state index is 0.191. The van der Waals surface area contributed by atoms with Gasteiger partial charge in [0.2, 0.25) is 5.91 Å². The summed E-state index contributed by atoms with van der Waals surface area (Å²) in [6.45, 7) is 8.07. The summed E-state index contributed by atoms with van der Waals surface area (Å²) in [5.74, 6) is 0.814. The van der Waals surface area contributed by atoms with Crippen molar-refractivity contribution in [3.05, 3.63) is 29.8 Å². The highest BCUT2D eigenvalue weighted by atomic mass is 16.5. The van der Waals surface area contributed by atoms with Gasteiger partial charge in [0.05, 0.1) is 19.6 Å². The lowest BCUT2D eigenvalue weighted by atomic mass is 10.1. The molecule has 1 heterocycles. The van der Waals surface area contributed by atoms with E-state index in [0.29, 0.717) is 38.6 Å². The molecule has 0 unspecified atom stereocenters. The lowest BCUT2D eigenvalue weighted by molar-refractivity contribution is -0.134. The molecule has 0 atom stereocenters. The Kier molecular flexibility index (Phi) is 5.41. The van der Waals surface area contributed by atoms with Gasteiger partial charge in [0.15, 0.2) is 0 Å². The fraction of sp³-hybridized carbons (Fsp3) is 0.562. The van der Waals surface area contributed by atoms with Gasteiger partial charge < -0.3 is 15.0 Å². The Hall–Kier alpha value is -1.55. The van der Waals surface area contributed by atoms with Gasteiger partial charge in [-0.25, -0.2) is 0 Å². The summed E-state index contributed by atoms with van der Waals surface area (Å²) < 4.78 is 5.26. The number of carbonyl (C=O) groups is 1. The van der Waals surface area contributed by atoms with Crippen LogP contribution < -0.4 is 5.32 Å². The maximum Gasteiger partial charge on any atom is 0.227 e. The van der Waals surface area contributed by atoms with Crippen LogP contribution in [0.5, 0.6) is 0 Å². The molecule has 0 saturated carbocycles. The fourth-order valence-corrected chi connectivity index (χ4v) is 2.16. The summed E-state index contributed by atoms with van der Waals surface area (Å²) in [6, 6.07) is 8.15. The average molecular weight is 276 g/mol. The lowest BCUT2D eigenvalue weighted by Crippen LogP contribution is -2.41. The van der Waals surface area contributed by atoms with Crippen LogP contribution >= 0.6 is 0 Å². The van der Waals surface area contributed by atoms with Crippen molar-refractivity contribution in [2.45, 2.75) is 20.3 Å². The van der Waals surface area contributed by atoms with Crippen molar-refractivity contribution in [1.82, 2.24) is 4.90 Å². The Labute approximate surface area is 121 Å². The van der Waals surface area contributed by atoms with Crippen molar-refractivity contribution in [2.75, 3.05) is 38.2 Å². The predicted octanol–water partition coefficient (Wildman–Crippen LogP) is 2.16. The van der Waals surface area contributed by atoms with E-state index in [1.807, 2.05) is 29.2 Å². The third-order valence-electron chi connectivity index (χ3n) is 3.39. The van der Waals surface area contributed by atoms with Gasteiger partial charge in [-0.3, -0.25) is 4.79 Å². The monoisotopic (exact) mass is 276 g/mol. The zero-order valence-electron chi connectivity index (χ0n) is 12.4. The van der Waals surface area contributed by atoms with Gasteiger partial charge in [0, 0.05) is 25.3 Å². The first-order valence-electron chi connectivity index (χ1n) is 7.33. The van der Waals surface area contributed by atoms with Gasteiger partial charge in [0.1, 0.15) is 0 Å². The molecule has 1 aromatic carbocycles. The molecule has 0 aromatic heterocycles. The maximum absolute atomic E-state index is 12.1. The smallest absolute Gasteiger partial charge is 0.227 e. The van der Waals surface area contributed by atoms with Crippen LogP contribution in [0.4, 0.5) is 5.69 Å². The van der Waals surface area contributed by atoms with Crippen LogP contribution in [-0.4, -0.2) is 43.7 Å². The molecule has 20 heavy (non-hydrogen) atoms. The Balaban J connectivity index is 1.84. The number of morpholine rings is 1. The minimum Gasteiger partial charge on any atom is -0.385 e. The molecule has 0 radical (unpaired) electrons. The number of anilines is 1. The molecule has 0 aliphatic carbocycles. The highest BCUT2D eigenvalue weighted by Crippen LogP contribution is 2.12. The molecule has 4 heteroatoms. The second kappa shape index (κ2) is 7.29. The summed E-state index contributed by atoms with van der Waals surface area (Å²) in [6.07, 6.45) is 0.477. The molecule has 1 N–H and O–H groups in total. The zero-order valence-corrected chi connectivity index (χ0v) is 12.4. The van der Waals surface area contributed by atoms with E-state index in [9.17, 15) is 4.79 Å². The summed E-state index contributed by atoms with van der Waals surface area (Å²) in [5, 5.41) is 3.38.